The summed E-state index contributed by atoms with van der Waals surface area (Å²) >= 11 is 0. The van der Waals surface area contributed by atoms with E-state index in [0.29, 0.717) is 74.4 Å². The van der Waals surface area contributed by atoms with E-state index in [9.17, 15) is 35.4 Å². The minimum absolute atomic E-state index is 0.00527. The van der Waals surface area contributed by atoms with Gasteiger partial charge in [0.15, 0.2) is 0 Å². The monoisotopic (exact) mass is 865 g/mol. The highest BCUT2D eigenvalue weighted by Gasteiger charge is 2.51. The molecule has 0 bridgehead atoms. The maximum atomic E-state index is 13.0. The molecule has 11 nitrogen and oxygen atoms in total. The Morgan fingerprint density at radius 1 is 0.952 bits per heavy atom. The molecule has 1 saturated carbocycles. The zero-order chi connectivity index (χ0) is 44.9. The molecule has 0 amide bonds. The number of carboxylic acid groups (broad SMARTS) is 1. The highest BCUT2D eigenvalue weighted by molar-refractivity contribution is 5.71. The van der Waals surface area contributed by atoms with Crippen molar-refractivity contribution < 1.29 is 35.4 Å². The topological polar surface area (TPSA) is 205 Å². The van der Waals surface area contributed by atoms with Gasteiger partial charge in [-0.15, -0.1) is 0 Å². The molecule has 0 aliphatic heterocycles. The number of hydrogen-bond acceptors (Lipinski definition) is 9. The first-order valence-corrected chi connectivity index (χ1v) is 23.5. The SMILES string of the molecule is CCCCC[C@@H]1C=C[C@H](CCCCC[C@H](C(=O)O)[C@H](O)C[C@@H](CNC)[C@@]2(O)C[C@H](Cc3ccnc(N)c3)C[C@@H]2Cc2ccc(-c3cc(O)cc(O)c3Cc3ccccc3)[nH]2)[C@@H](O)C1. The van der Waals surface area contributed by atoms with Crippen molar-refractivity contribution >= 4 is 11.8 Å². The van der Waals surface area contributed by atoms with Crippen molar-refractivity contribution in [1.29, 1.82) is 0 Å². The molecular weight excluding hydrogens is 793 g/mol. The lowest BCUT2D eigenvalue weighted by molar-refractivity contribution is -0.148. The van der Waals surface area contributed by atoms with Gasteiger partial charge in [-0.25, -0.2) is 4.98 Å². The van der Waals surface area contributed by atoms with E-state index in [1.54, 1.807) is 12.3 Å². The Morgan fingerprint density at radius 3 is 2.48 bits per heavy atom. The summed E-state index contributed by atoms with van der Waals surface area (Å²) in [7, 11) is 1.82. The van der Waals surface area contributed by atoms with Crippen LogP contribution in [0.2, 0.25) is 0 Å². The number of rotatable bonds is 24. The molecule has 0 radical (unpaired) electrons. The van der Waals surface area contributed by atoms with E-state index >= 15 is 0 Å². The van der Waals surface area contributed by atoms with Crippen LogP contribution in [0.4, 0.5) is 5.82 Å². The summed E-state index contributed by atoms with van der Waals surface area (Å²) in [6.07, 6.45) is 16.7. The van der Waals surface area contributed by atoms with Crippen LogP contribution in [0.3, 0.4) is 0 Å². The number of nitrogens with one attached hydrogen (secondary N) is 2. The van der Waals surface area contributed by atoms with Crippen molar-refractivity contribution in [2.45, 2.75) is 127 Å². The van der Waals surface area contributed by atoms with Gasteiger partial charge in [0.25, 0.3) is 0 Å². The van der Waals surface area contributed by atoms with Crippen LogP contribution >= 0.6 is 0 Å². The molecule has 2 heterocycles. The van der Waals surface area contributed by atoms with E-state index in [1.807, 2.05) is 61.6 Å². The van der Waals surface area contributed by atoms with Gasteiger partial charge < -0.3 is 46.7 Å². The van der Waals surface area contributed by atoms with Gasteiger partial charge in [-0.2, -0.15) is 0 Å². The number of allylic oxidation sites excluding steroid dienone is 1. The Bertz CT molecular complexity index is 2070. The number of carbonyl (C=O) groups is 1. The van der Waals surface area contributed by atoms with E-state index in [0.717, 1.165) is 54.6 Å². The number of nitrogen functional groups attached to an aromatic ring is 1. The lowest BCUT2D eigenvalue weighted by atomic mass is 9.73. The highest BCUT2D eigenvalue weighted by Crippen LogP contribution is 2.49. The number of hydrogen-bond donors (Lipinski definition) is 9. The number of phenolic OH excluding ortho intramolecular Hbond substituents is 2. The molecule has 11 heteroatoms. The fourth-order valence-corrected chi connectivity index (χ4v) is 10.8. The third-order valence-corrected chi connectivity index (χ3v) is 14.1. The molecular formula is C52H72N4O7. The van der Waals surface area contributed by atoms with Gasteiger partial charge in [-0.05, 0) is 124 Å². The lowest BCUT2D eigenvalue weighted by Crippen LogP contribution is -2.48. The van der Waals surface area contributed by atoms with Crippen LogP contribution in [0.25, 0.3) is 11.3 Å². The fraction of sp³-hybridized carbons (Fsp3) is 0.538. The lowest BCUT2D eigenvalue weighted by Gasteiger charge is -2.40. The molecule has 6 rings (SSSR count). The van der Waals surface area contributed by atoms with Crippen molar-refractivity contribution in [3.63, 3.8) is 0 Å². The first-order chi connectivity index (χ1) is 30.4. The second-order valence-corrected chi connectivity index (χ2v) is 18.8. The van der Waals surface area contributed by atoms with Crippen molar-refractivity contribution in [3.05, 3.63) is 107 Å². The van der Waals surface area contributed by atoms with E-state index in [2.05, 4.69) is 34.4 Å². The smallest absolute Gasteiger partial charge is 0.309 e. The number of aromatic amines is 1. The first kappa shape index (κ1) is 47.8. The molecule has 4 aromatic rings. The van der Waals surface area contributed by atoms with Crippen molar-refractivity contribution in [2.75, 3.05) is 19.3 Å². The average Bonchev–Trinajstić information content (AvgIpc) is 3.84. The Kier molecular flexibility index (Phi) is 17.3. The van der Waals surface area contributed by atoms with E-state index in [1.165, 1.54) is 25.3 Å². The summed E-state index contributed by atoms with van der Waals surface area (Å²) < 4.78 is 0. The Morgan fingerprint density at radius 2 is 1.75 bits per heavy atom. The van der Waals surface area contributed by atoms with E-state index in [-0.39, 0.29) is 41.8 Å². The molecule has 2 aromatic heterocycles. The molecule has 9 atom stereocenters. The number of aliphatic carboxylic acids is 1. The third-order valence-electron chi connectivity index (χ3n) is 14.1. The summed E-state index contributed by atoms with van der Waals surface area (Å²) in [6, 6.07) is 20.6. The second-order valence-electron chi connectivity index (χ2n) is 18.8. The van der Waals surface area contributed by atoms with Gasteiger partial charge in [0, 0.05) is 59.6 Å². The predicted molar refractivity (Wildman–Crippen MR) is 249 cm³/mol. The first-order valence-electron chi connectivity index (χ1n) is 23.5. The molecule has 0 spiro atoms. The van der Waals surface area contributed by atoms with Gasteiger partial charge in [0.2, 0.25) is 0 Å². The minimum Gasteiger partial charge on any atom is -0.508 e. The number of benzene rings is 2. The van der Waals surface area contributed by atoms with Gasteiger partial charge in [-0.3, -0.25) is 4.79 Å². The van der Waals surface area contributed by atoms with Gasteiger partial charge in [0.05, 0.1) is 23.7 Å². The van der Waals surface area contributed by atoms with Crippen LogP contribution in [-0.4, -0.2) is 78.0 Å². The van der Waals surface area contributed by atoms with Crippen molar-refractivity contribution in [3.8, 4) is 22.8 Å². The zero-order valence-electron chi connectivity index (χ0n) is 37.3. The number of nitrogens with two attached hydrogens (primary N) is 1. The average molecular weight is 865 g/mol. The second kappa shape index (κ2) is 22.8. The minimum atomic E-state index is -1.24. The van der Waals surface area contributed by atoms with Crippen LogP contribution in [0, 0.1) is 35.5 Å². The molecule has 2 aromatic carbocycles. The van der Waals surface area contributed by atoms with Crippen LogP contribution in [-0.2, 0) is 24.1 Å². The number of carboxylic acids is 1. The zero-order valence-corrected chi connectivity index (χ0v) is 37.3. The normalized spacial score (nSPS) is 23.7. The quantitative estimate of drug-likeness (QED) is 0.0242. The summed E-state index contributed by atoms with van der Waals surface area (Å²) in [5.41, 5.74) is 9.84. The van der Waals surface area contributed by atoms with E-state index in [4.69, 9.17) is 5.73 Å². The summed E-state index contributed by atoms with van der Waals surface area (Å²) in [6.45, 7) is 2.60. The molecule has 0 saturated heterocycles. The number of aliphatic hydroxyl groups is 3. The molecule has 63 heavy (non-hydrogen) atoms. The predicted octanol–water partition coefficient (Wildman–Crippen LogP) is 8.57. The number of aliphatic hydroxyl groups excluding tert-OH is 2. The summed E-state index contributed by atoms with van der Waals surface area (Å²) in [5, 5.41) is 70.7. The van der Waals surface area contributed by atoms with Crippen molar-refractivity contribution in [2.24, 2.45) is 35.5 Å². The Labute approximate surface area is 373 Å². The number of H-pyrrole nitrogens is 1. The number of unbranched alkanes of at least 4 members (excludes halogenated alkanes) is 4. The number of anilines is 1. The van der Waals surface area contributed by atoms with Crippen LogP contribution in [0.5, 0.6) is 11.5 Å². The number of pyridine rings is 1. The van der Waals surface area contributed by atoms with E-state index < -0.39 is 29.5 Å². The molecule has 1 fully saturated rings. The molecule has 342 valence electrons. The Hall–Kier alpha value is -4.68. The summed E-state index contributed by atoms with van der Waals surface area (Å²) in [5.74, 6) is -1.62. The molecule has 10 N–H and O–H groups in total. The standard InChI is InChI=1S/C52H72N4O7/c1-3-4-7-12-35-17-18-38(47(58)26-35)15-10-6-11-16-43(51(61)62)48(59)29-40(33-54-2)52(63)32-37(23-36-21-22-55-50(53)27-36)24-39(52)28-41-19-20-46(56-41)44-30-42(57)31-49(60)45(44)25-34-13-8-5-9-14-34/h5,8-9,13-14,17-22,27,30-31,35,37-40,43,47-48,54,56-60,63H,3-4,6-7,10-12,15-16,23-26,28-29,32-33H2,1-2H3,(H2,53,55)(H,61,62)/t35-,37-,38+,39-,40+,43+,47+,48-,52-/m1/s1. The Balaban J connectivity index is 1.15. The number of aromatic hydroxyl groups is 2. The fourth-order valence-electron chi connectivity index (χ4n) is 10.8. The number of nitrogens with zero attached hydrogens (tertiary/aromatic N) is 1. The van der Waals surface area contributed by atoms with Gasteiger partial charge in [0.1, 0.15) is 17.3 Å². The van der Waals surface area contributed by atoms with Crippen LogP contribution in [0.15, 0.2) is 85.1 Å². The maximum absolute atomic E-state index is 13.0. The molecule has 2 aliphatic rings. The largest absolute Gasteiger partial charge is 0.508 e. The van der Waals surface area contributed by atoms with Gasteiger partial charge in [-0.1, -0.05) is 87.9 Å². The van der Waals surface area contributed by atoms with Gasteiger partial charge >= 0.3 is 5.97 Å². The molecule has 2 aliphatic carbocycles. The summed E-state index contributed by atoms with van der Waals surface area (Å²) in [4.78, 5) is 20.4. The number of aromatic nitrogens is 2. The third kappa shape index (κ3) is 13.0. The van der Waals surface area contributed by atoms with Crippen LogP contribution < -0.4 is 11.1 Å². The highest BCUT2D eigenvalue weighted by atomic mass is 16.4. The number of phenols is 2. The molecule has 0 unspecified atom stereocenters. The van der Waals surface area contributed by atoms with Crippen molar-refractivity contribution in [1.82, 2.24) is 15.3 Å². The maximum Gasteiger partial charge on any atom is 0.309 e. The van der Waals surface area contributed by atoms with Crippen LogP contribution in [0.1, 0.15) is 113 Å².